The summed E-state index contributed by atoms with van der Waals surface area (Å²) in [5.74, 6) is 2.98. The number of halogens is 1. The predicted molar refractivity (Wildman–Crippen MR) is 137 cm³/mol. The SMILES string of the molecule is CCNC(=NCc1ccc(N2CCC(C)CC2)nc1)N1CCC(N2CCOCC2)C1.I. The highest BCUT2D eigenvalue weighted by molar-refractivity contribution is 14.0. The van der Waals surface area contributed by atoms with Crippen molar-refractivity contribution >= 4 is 35.8 Å². The summed E-state index contributed by atoms with van der Waals surface area (Å²) in [5.41, 5.74) is 1.17. The Kier molecular flexibility index (Phi) is 9.65. The fraction of sp³-hybridized carbons (Fsp3) is 0.739. The first-order valence-corrected chi connectivity index (χ1v) is 11.8. The average Bonchev–Trinajstić information content (AvgIpc) is 3.28. The number of nitrogens with zero attached hydrogens (tertiary/aromatic N) is 5. The summed E-state index contributed by atoms with van der Waals surface area (Å²) in [5, 5.41) is 3.49. The van der Waals surface area contributed by atoms with E-state index < -0.39 is 0 Å². The zero-order valence-electron chi connectivity index (χ0n) is 19.1. The third-order valence-electron chi connectivity index (χ3n) is 6.69. The van der Waals surface area contributed by atoms with Gasteiger partial charge in [-0.15, -0.1) is 24.0 Å². The fourth-order valence-corrected chi connectivity index (χ4v) is 4.70. The molecule has 0 aromatic carbocycles. The van der Waals surface area contributed by atoms with Crippen LogP contribution in [0.5, 0.6) is 0 Å². The van der Waals surface area contributed by atoms with Gasteiger partial charge in [-0.3, -0.25) is 4.90 Å². The van der Waals surface area contributed by atoms with E-state index >= 15 is 0 Å². The number of rotatable bonds is 5. The third kappa shape index (κ3) is 6.68. The highest BCUT2D eigenvalue weighted by Crippen LogP contribution is 2.21. The second-order valence-electron chi connectivity index (χ2n) is 8.90. The van der Waals surface area contributed by atoms with Crippen LogP contribution in [0.15, 0.2) is 23.3 Å². The molecule has 0 bridgehead atoms. The Morgan fingerprint density at radius 1 is 1.13 bits per heavy atom. The van der Waals surface area contributed by atoms with E-state index in [1.807, 2.05) is 6.20 Å². The molecule has 8 heteroatoms. The van der Waals surface area contributed by atoms with Crippen molar-refractivity contribution in [2.75, 3.05) is 63.9 Å². The molecule has 1 unspecified atom stereocenters. The zero-order chi connectivity index (χ0) is 20.8. The number of ether oxygens (including phenoxy) is 1. The maximum atomic E-state index is 5.51. The molecule has 3 aliphatic rings. The van der Waals surface area contributed by atoms with Crippen LogP contribution in [0.1, 0.15) is 38.7 Å². The molecule has 1 N–H and O–H groups in total. The number of hydrogen-bond acceptors (Lipinski definition) is 5. The molecule has 4 heterocycles. The van der Waals surface area contributed by atoms with Crippen LogP contribution < -0.4 is 10.2 Å². The van der Waals surface area contributed by atoms with Gasteiger partial charge in [0.25, 0.3) is 0 Å². The van der Waals surface area contributed by atoms with E-state index in [9.17, 15) is 0 Å². The van der Waals surface area contributed by atoms with Crippen molar-refractivity contribution in [1.29, 1.82) is 0 Å². The molecule has 3 saturated heterocycles. The van der Waals surface area contributed by atoms with Gasteiger partial charge in [-0.2, -0.15) is 0 Å². The van der Waals surface area contributed by atoms with Crippen molar-refractivity contribution in [3.8, 4) is 0 Å². The number of aliphatic imine (C=N–C) groups is 1. The summed E-state index contributed by atoms with van der Waals surface area (Å²) in [4.78, 5) is 17.1. The number of pyridine rings is 1. The molecule has 0 spiro atoms. The van der Waals surface area contributed by atoms with Crippen molar-refractivity contribution in [2.24, 2.45) is 10.9 Å². The molecule has 174 valence electrons. The summed E-state index contributed by atoms with van der Waals surface area (Å²) in [6, 6.07) is 4.97. The minimum Gasteiger partial charge on any atom is -0.379 e. The third-order valence-corrected chi connectivity index (χ3v) is 6.69. The van der Waals surface area contributed by atoms with E-state index in [1.54, 1.807) is 0 Å². The van der Waals surface area contributed by atoms with Crippen molar-refractivity contribution in [3.63, 3.8) is 0 Å². The molecular weight excluding hydrogens is 503 g/mol. The van der Waals surface area contributed by atoms with Crippen LogP contribution in [0.3, 0.4) is 0 Å². The molecule has 0 radical (unpaired) electrons. The van der Waals surface area contributed by atoms with Gasteiger partial charge in [0.05, 0.1) is 19.8 Å². The van der Waals surface area contributed by atoms with Crippen molar-refractivity contribution in [3.05, 3.63) is 23.9 Å². The Morgan fingerprint density at radius 2 is 1.90 bits per heavy atom. The Morgan fingerprint density at radius 3 is 2.58 bits per heavy atom. The average molecular weight is 543 g/mol. The van der Waals surface area contributed by atoms with Gasteiger partial charge in [0.1, 0.15) is 5.82 Å². The molecule has 1 aromatic rings. The van der Waals surface area contributed by atoms with E-state index in [0.717, 1.165) is 76.7 Å². The Hall–Kier alpha value is -1.13. The Labute approximate surface area is 204 Å². The number of piperidine rings is 1. The van der Waals surface area contributed by atoms with Gasteiger partial charge in [0.2, 0.25) is 0 Å². The van der Waals surface area contributed by atoms with Crippen LogP contribution in [0.25, 0.3) is 0 Å². The summed E-state index contributed by atoms with van der Waals surface area (Å²) in [6.07, 6.45) is 5.73. The number of hydrogen-bond donors (Lipinski definition) is 1. The Bertz CT molecular complexity index is 686. The highest BCUT2D eigenvalue weighted by atomic mass is 127. The first-order chi connectivity index (χ1) is 14.7. The second kappa shape index (κ2) is 12.2. The minimum absolute atomic E-state index is 0. The van der Waals surface area contributed by atoms with Crippen molar-refractivity contribution < 1.29 is 4.74 Å². The molecule has 31 heavy (non-hydrogen) atoms. The normalized spacial score (nSPS) is 23.7. The lowest BCUT2D eigenvalue weighted by atomic mass is 9.99. The van der Waals surface area contributed by atoms with E-state index in [4.69, 9.17) is 14.7 Å². The first kappa shape index (κ1) is 24.5. The standard InChI is InChI=1S/C23H38N6O.HI/c1-3-24-23(29-11-8-21(18-29)27-12-14-30-15-13-27)26-17-20-4-5-22(25-16-20)28-9-6-19(2)7-10-28;/h4-5,16,19,21H,3,6-15,17-18H2,1-2H3,(H,24,26);1H. The van der Waals surface area contributed by atoms with Crippen LogP contribution in [-0.2, 0) is 11.3 Å². The van der Waals surface area contributed by atoms with Crippen LogP contribution >= 0.6 is 24.0 Å². The second-order valence-corrected chi connectivity index (χ2v) is 8.90. The number of anilines is 1. The predicted octanol–water partition coefficient (Wildman–Crippen LogP) is 2.81. The topological polar surface area (TPSA) is 56.2 Å². The number of guanidine groups is 1. The van der Waals surface area contributed by atoms with Crippen LogP contribution in [0.2, 0.25) is 0 Å². The largest absolute Gasteiger partial charge is 0.379 e. The maximum absolute atomic E-state index is 5.51. The molecule has 0 aliphatic carbocycles. The van der Waals surface area contributed by atoms with E-state index in [1.165, 1.54) is 24.8 Å². The molecule has 3 aliphatic heterocycles. The Balaban J connectivity index is 0.00000272. The monoisotopic (exact) mass is 542 g/mol. The van der Waals surface area contributed by atoms with Crippen LogP contribution in [0.4, 0.5) is 5.82 Å². The number of likely N-dealkylation sites (tertiary alicyclic amines) is 1. The van der Waals surface area contributed by atoms with Gasteiger partial charge in [0.15, 0.2) is 5.96 Å². The molecule has 4 rings (SSSR count). The van der Waals surface area contributed by atoms with E-state index in [2.05, 4.69) is 46.0 Å². The molecular formula is C23H39IN6O. The molecule has 0 saturated carbocycles. The van der Waals surface area contributed by atoms with E-state index in [0.29, 0.717) is 12.6 Å². The van der Waals surface area contributed by atoms with Crippen molar-refractivity contribution in [2.45, 2.75) is 45.7 Å². The molecule has 0 amide bonds. The number of morpholine rings is 1. The maximum Gasteiger partial charge on any atom is 0.194 e. The van der Waals surface area contributed by atoms with Gasteiger partial charge in [-0.05, 0) is 43.7 Å². The van der Waals surface area contributed by atoms with Gasteiger partial charge in [-0.1, -0.05) is 13.0 Å². The summed E-state index contributed by atoms with van der Waals surface area (Å²) < 4.78 is 5.51. The summed E-state index contributed by atoms with van der Waals surface area (Å²) in [7, 11) is 0. The van der Waals surface area contributed by atoms with Crippen LogP contribution in [0, 0.1) is 5.92 Å². The van der Waals surface area contributed by atoms with Gasteiger partial charge < -0.3 is 19.9 Å². The molecule has 7 nitrogen and oxygen atoms in total. The lowest BCUT2D eigenvalue weighted by Crippen LogP contribution is -2.46. The molecule has 3 fully saturated rings. The zero-order valence-corrected chi connectivity index (χ0v) is 21.5. The van der Waals surface area contributed by atoms with Gasteiger partial charge in [-0.25, -0.2) is 9.98 Å². The summed E-state index contributed by atoms with van der Waals surface area (Å²) >= 11 is 0. The lowest BCUT2D eigenvalue weighted by Gasteiger charge is -2.32. The van der Waals surface area contributed by atoms with E-state index in [-0.39, 0.29) is 24.0 Å². The number of nitrogens with one attached hydrogen (secondary N) is 1. The number of aromatic nitrogens is 1. The first-order valence-electron chi connectivity index (χ1n) is 11.8. The van der Waals surface area contributed by atoms with Crippen LogP contribution in [-0.4, -0.2) is 85.8 Å². The van der Waals surface area contributed by atoms with Gasteiger partial charge in [0, 0.05) is 58.1 Å². The molecule has 1 atom stereocenters. The minimum atomic E-state index is 0. The van der Waals surface area contributed by atoms with Crippen molar-refractivity contribution in [1.82, 2.24) is 20.1 Å². The summed E-state index contributed by atoms with van der Waals surface area (Å²) in [6.45, 7) is 14.3. The highest BCUT2D eigenvalue weighted by Gasteiger charge is 2.30. The smallest absolute Gasteiger partial charge is 0.194 e. The quantitative estimate of drug-likeness (QED) is 0.351. The fourth-order valence-electron chi connectivity index (χ4n) is 4.70. The van der Waals surface area contributed by atoms with Gasteiger partial charge >= 0.3 is 0 Å². The molecule has 1 aromatic heterocycles. The lowest BCUT2D eigenvalue weighted by molar-refractivity contribution is 0.0195.